The minimum Gasteiger partial charge on any atom is -0.392 e. The lowest BCUT2D eigenvalue weighted by Gasteiger charge is -2.33. The first-order valence-corrected chi connectivity index (χ1v) is 12.1. The van der Waals surface area contributed by atoms with Gasteiger partial charge in [-0.05, 0) is 26.2 Å². The van der Waals surface area contributed by atoms with E-state index in [9.17, 15) is 9.90 Å². The smallest absolute Gasteiger partial charge is 0.141 e. The average Bonchev–Trinajstić information content (AvgIpc) is 2.66. The molecular weight excluding hydrogens is 332 g/mol. The maximum atomic E-state index is 12.5. The molecule has 0 heterocycles. The number of carbonyl (C=O) groups is 1. The number of hydrogen-bond acceptors (Lipinski definition) is 2. The van der Waals surface area contributed by atoms with Crippen molar-refractivity contribution < 1.29 is 9.90 Å². The summed E-state index contributed by atoms with van der Waals surface area (Å²) >= 11 is 0. The van der Waals surface area contributed by atoms with Crippen LogP contribution in [0.4, 0.5) is 0 Å². The minimum absolute atomic E-state index is 0.213. The van der Waals surface area contributed by atoms with Gasteiger partial charge in [0.15, 0.2) is 0 Å². The van der Waals surface area contributed by atoms with E-state index in [1.165, 1.54) is 83.5 Å². The second kappa shape index (κ2) is 17.7. The van der Waals surface area contributed by atoms with E-state index in [1.54, 1.807) is 0 Å². The van der Waals surface area contributed by atoms with Crippen LogP contribution in [0.15, 0.2) is 0 Å². The summed E-state index contributed by atoms with van der Waals surface area (Å²) in [6.45, 7) is 9.98. The van der Waals surface area contributed by atoms with Crippen molar-refractivity contribution in [3.63, 3.8) is 0 Å². The number of unbranched alkanes of at least 4 members (excludes halogenated alkanes) is 14. The molecule has 1 atom stereocenters. The molecule has 0 spiro atoms. The fraction of sp³-hybridized carbons (Fsp3) is 0.920. The molecule has 1 N–H and O–H groups in total. The van der Waals surface area contributed by atoms with Crippen LogP contribution >= 0.6 is 0 Å². The highest BCUT2D eigenvalue weighted by Crippen LogP contribution is 2.33. The summed E-state index contributed by atoms with van der Waals surface area (Å²) in [4.78, 5) is 12.5. The van der Waals surface area contributed by atoms with Crippen molar-refractivity contribution in [2.75, 3.05) is 0 Å². The van der Waals surface area contributed by atoms with Crippen molar-refractivity contribution in [3.8, 4) is 0 Å². The Morgan fingerprint density at radius 2 is 1.04 bits per heavy atom. The minimum atomic E-state index is -0.781. The lowest BCUT2D eigenvalue weighted by molar-refractivity contribution is -0.134. The second-order valence-electron chi connectivity index (χ2n) is 8.50. The van der Waals surface area contributed by atoms with E-state index in [0.717, 1.165) is 12.8 Å². The van der Waals surface area contributed by atoms with Gasteiger partial charge in [-0.25, -0.2) is 0 Å². The molecule has 1 unspecified atom stereocenters. The number of aliphatic hydroxyl groups excluding tert-OH is 1. The molecule has 2 heteroatoms. The number of aliphatic hydroxyl groups is 1. The Balaban J connectivity index is 3.48. The van der Waals surface area contributed by atoms with Gasteiger partial charge < -0.3 is 5.11 Å². The van der Waals surface area contributed by atoms with Gasteiger partial charge in [0.25, 0.3) is 0 Å². The highest BCUT2D eigenvalue weighted by atomic mass is 16.3. The summed E-state index contributed by atoms with van der Waals surface area (Å²) in [6, 6.07) is 0. The summed E-state index contributed by atoms with van der Waals surface area (Å²) in [5.41, 5.74) is -0.615. The summed E-state index contributed by atoms with van der Waals surface area (Å²) in [6.07, 6.45) is 21.2. The molecule has 0 bridgehead atoms. The van der Waals surface area contributed by atoms with E-state index in [1.807, 2.05) is 13.8 Å². The predicted molar refractivity (Wildman–Crippen MR) is 119 cm³/mol. The van der Waals surface area contributed by atoms with Gasteiger partial charge >= 0.3 is 0 Å². The Bertz CT molecular complexity index is 331. The van der Waals surface area contributed by atoms with Gasteiger partial charge in [0, 0.05) is 6.42 Å². The summed E-state index contributed by atoms with van der Waals surface area (Å²) < 4.78 is 0. The quantitative estimate of drug-likeness (QED) is 0.218. The Morgan fingerprint density at radius 1 is 0.704 bits per heavy atom. The van der Waals surface area contributed by atoms with Crippen molar-refractivity contribution in [3.05, 3.63) is 6.92 Å². The molecule has 0 aliphatic rings. The van der Waals surface area contributed by atoms with Crippen LogP contribution in [0.25, 0.3) is 0 Å². The van der Waals surface area contributed by atoms with Crippen LogP contribution in [0.1, 0.15) is 136 Å². The van der Waals surface area contributed by atoms with Crippen LogP contribution in [0.2, 0.25) is 0 Å². The number of rotatable bonds is 20. The van der Waals surface area contributed by atoms with E-state index in [2.05, 4.69) is 13.8 Å². The van der Waals surface area contributed by atoms with Crippen LogP contribution in [-0.4, -0.2) is 17.0 Å². The molecule has 2 nitrogen and oxygen atoms in total. The van der Waals surface area contributed by atoms with E-state index < -0.39 is 11.5 Å². The third kappa shape index (κ3) is 11.9. The van der Waals surface area contributed by atoms with Crippen molar-refractivity contribution >= 4 is 5.78 Å². The number of carbonyl (C=O) groups excluding carboxylic acids is 1. The first kappa shape index (κ1) is 26.6. The summed E-state index contributed by atoms with van der Waals surface area (Å²) in [7, 11) is 0. The molecule has 27 heavy (non-hydrogen) atoms. The molecule has 161 valence electrons. The van der Waals surface area contributed by atoms with Gasteiger partial charge in [-0.1, -0.05) is 111 Å². The van der Waals surface area contributed by atoms with Gasteiger partial charge in [0.2, 0.25) is 0 Å². The third-order valence-corrected chi connectivity index (χ3v) is 6.46. The standard InChI is InChI=1S/C25H49O2/c1-5-8-9-10-11-12-13-14-15-16-17-18-19-20-21-22-24(27)25(6-2,7-3)23(4)26/h23,26H,4-22H2,1-3H3. The topological polar surface area (TPSA) is 37.3 Å². The third-order valence-electron chi connectivity index (χ3n) is 6.46. The van der Waals surface area contributed by atoms with Crippen molar-refractivity contribution in [2.24, 2.45) is 5.41 Å². The van der Waals surface area contributed by atoms with Gasteiger partial charge in [-0.3, -0.25) is 4.79 Å². The predicted octanol–water partition coefficient (Wildman–Crippen LogP) is 7.82. The van der Waals surface area contributed by atoms with E-state index in [0.29, 0.717) is 19.3 Å². The molecule has 0 saturated carbocycles. The van der Waals surface area contributed by atoms with E-state index in [-0.39, 0.29) is 5.78 Å². The van der Waals surface area contributed by atoms with Crippen molar-refractivity contribution in [1.29, 1.82) is 0 Å². The Labute approximate surface area is 170 Å². The molecule has 0 aromatic heterocycles. The molecule has 0 aromatic carbocycles. The zero-order chi connectivity index (χ0) is 20.4. The van der Waals surface area contributed by atoms with Crippen molar-refractivity contribution in [2.45, 2.75) is 142 Å². The summed E-state index contributed by atoms with van der Waals surface area (Å²) in [5, 5.41) is 9.93. The molecule has 0 amide bonds. The fourth-order valence-corrected chi connectivity index (χ4v) is 4.21. The maximum Gasteiger partial charge on any atom is 0.141 e. The molecule has 0 fully saturated rings. The summed E-state index contributed by atoms with van der Waals surface area (Å²) in [5.74, 6) is 0.213. The largest absolute Gasteiger partial charge is 0.392 e. The van der Waals surface area contributed by atoms with Crippen LogP contribution in [0, 0.1) is 12.3 Å². The van der Waals surface area contributed by atoms with E-state index >= 15 is 0 Å². The highest BCUT2D eigenvalue weighted by molar-refractivity contribution is 5.85. The van der Waals surface area contributed by atoms with E-state index in [4.69, 9.17) is 0 Å². The zero-order valence-electron chi connectivity index (χ0n) is 18.9. The van der Waals surface area contributed by atoms with Gasteiger partial charge in [0.05, 0.1) is 11.5 Å². The normalized spacial score (nSPS) is 13.1. The number of hydrogen-bond donors (Lipinski definition) is 1. The maximum absolute atomic E-state index is 12.5. The Hall–Kier alpha value is -0.370. The Kier molecular flexibility index (Phi) is 17.5. The first-order valence-electron chi connectivity index (χ1n) is 12.1. The van der Waals surface area contributed by atoms with Crippen LogP contribution < -0.4 is 0 Å². The van der Waals surface area contributed by atoms with Gasteiger partial charge in [-0.15, -0.1) is 0 Å². The van der Waals surface area contributed by atoms with Crippen LogP contribution in [0.5, 0.6) is 0 Å². The lowest BCUT2D eigenvalue weighted by Crippen LogP contribution is -2.40. The Morgan fingerprint density at radius 3 is 1.33 bits per heavy atom. The lowest BCUT2D eigenvalue weighted by atomic mass is 9.72. The zero-order valence-corrected chi connectivity index (χ0v) is 18.9. The molecule has 0 aliphatic carbocycles. The second-order valence-corrected chi connectivity index (χ2v) is 8.50. The number of ketones is 1. The monoisotopic (exact) mass is 381 g/mol. The van der Waals surface area contributed by atoms with Crippen LogP contribution in [-0.2, 0) is 4.79 Å². The fourth-order valence-electron chi connectivity index (χ4n) is 4.21. The highest BCUT2D eigenvalue weighted by Gasteiger charge is 2.38. The molecule has 0 rings (SSSR count). The molecule has 1 radical (unpaired) electrons. The molecule has 0 aromatic rings. The molecule has 0 saturated heterocycles. The van der Waals surface area contributed by atoms with Gasteiger partial charge in [0.1, 0.15) is 5.78 Å². The molecular formula is C25H49O2. The van der Waals surface area contributed by atoms with Crippen molar-refractivity contribution in [1.82, 2.24) is 0 Å². The number of Topliss-reactive ketones (excluding diaryl/α,β-unsaturated/α-hetero) is 1. The SMILES string of the molecule is [CH2]C(O)C(CC)(CC)C(=O)CCCCCCCCCCCCCCCCC. The van der Waals surface area contributed by atoms with Crippen LogP contribution in [0.3, 0.4) is 0 Å². The first-order chi connectivity index (χ1) is 13.0. The van der Waals surface area contributed by atoms with Gasteiger partial charge in [-0.2, -0.15) is 0 Å². The molecule has 0 aliphatic heterocycles. The average molecular weight is 382 g/mol.